The molecule has 1 aliphatic rings. The topological polar surface area (TPSA) is 89.0 Å². The van der Waals surface area contributed by atoms with E-state index in [-0.39, 0.29) is 11.3 Å². The van der Waals surface area contributed by atoms with Crippen LogP contribution < -0.4 is 14.4 Å². The predicted molar refractivity (Wildman–Crippen MR) is 154 cm³/mol. The third-order valence-corrected chi connectivity index (χ3v) is 7.36. The standard InChI is InChI=1S/C31H28N2O5S/c1-4-16-37-22-11-7-20(8-12-22)27-26(28(34)21-9-13-23(14-10-21)38-17-5-2)29(35)30(36)33(27)31-32-24-15-6-19(3)18-25(24)39-31/h4,6-15,18,27,34H,1,5,16-17H2,2-3H3/b28-26+. The Balaban J connectivity index is 1.62. The Kier molecular flexibility index (Phi) is 7.47. The summed E-state index contributed by atoms with van der Waals surface area (Å²) >= 11 is 1.33. The quantitative estimate of drug-likeness (QED) is 0.112. The number of aliphatic hydroxyl groups is 1. The van der Waals surface area contributed by atoms with Gasteiger partial charge in [0, 0.05) is 5.56 Å². The van der Waals surface area contributed by atoms with Crippen LogP contribution in [0.15, 0.2) is 85.0 Å². The Hall–Kier alpha value is -4.43. The van der Waals surface area contributed by atoms with E-state index in [2.05, 4.69) is 11.6 Å². The van der Waals surface area contributed by atoms with Crippen LogP contribution in [-0.2, 0) is 9.59 Å². The van der Waals surface area contributed by atoms with Gasteiger partial charge >= 0.3 is 5.91 Å². The summed E-state index contributed by atoms with van der Waals surface area (Å²) in [4.78, 5) is 33.0. The lowest BCUT2D eigenvalue weighted by Gasteiger charge is -2.23. The number of hydrogen-bond acceptors (Lipinski definition) is 7. The maximum Gasteiger partial charge on any atom is 0.301 e. The van der Waals surface area contributed by atoms with Crippen molar-refractivity contribution in [2.75, 3.05) is 18.1 Å². The fourth-order valence-electron chi connectivity index (χ4n) is 4.45. The number of fused-ring (bicyclic) bond motifs is 1. The molecule has 7 nitrogen and oxygen atoms in total. The number of carbonyl (C=O) groups is 2. The number of thiazole rings is 1. The monoisotopic (exact) mass is 540 g/mol. The van der Waals surface area contributed by atoms with Crippen LogP contribution in [0.25, 0.3) is 16.0 Å². The number of ketones is 1. The zero-order valence-electron chi connectivity index (χ0n) is 21.7. The molecular formula is C31H28N2O5S. The molecule has 5 rings (SSSR count). The number of rotatable bonds is 9. The van der Waals surface area contributed by atoms with Gasteiger partial charge < -0.3 is 14.6 Å². The second-order valence-electron chi connectivity index (χ2n) is 9.18. The Morgan fingerprint density at radius 1 is 1.05 bits per heavy atom. The molecule has 2 heterocycles. The average molecular weight is 541 g/mol. The van der Waals surface area contributed by atoms with Crippen LogP contribution in [0, 0.1) is 6.92 Å². The number of benzene rings is 3. The van der Waals surface area contributed by atoms with Crippen molar-refractivity contribution in [3.8, 4) is 11.5 Å². The lowest BCUT2D eigenvalue weighted by molar-refractivity contribution is -0.132. The number of amides is 1. The highest BCUT2D eigenvalue weighted by Crippen LogP contribution is 2.44. The van der Waals surface area contributed by atoms with Crippen molar-refractivity contribution in [1.29, 1.82) is 0 Å². The molecule has 1 atom stereocenters. The molecule has 1 saturated heterocycles. The van der Waals surface area contributed by atoms with Crippen molar-refractivity contribution < 1.29 is 24.2 Å². The van der Waals surface area contributed by atoms with Gasteiger partial charge in [0.15, 0.2) is 5.13 Å². The summed E-state index contributed by atoms with van der Waals surface area (Å²) in [7, 11) is 0. The van der Waals surface area contributed by atoms with Gasteiger partial charge in [-0.05, 0) is 73.0 Å². The third-order valence-electron chi connectivity index (χ3n) is 6.35. The van der Waals surface area contributed by atoms with E-state index in [9.17, 15) is 14.7 Å². The van der Waals surface area contributed by atoms with Gasteiger partial charge in [0.2, 0.25) is 0 Å². The minimum Gasteiger partial charge on any atom is -0.507 e. The number of carbonyl (C=O) groups excluding carboxylic acids is 2. The third kappa shape index (κ3) is 5.15. The Morgan fingerprint density at radius 3 is 2.44 bits per heavy atom. The normalized spacial score (nSPS) is 16.6. The fourth-order valence-corrected chi connectivity index (χ4v) is 5.54. The molecule has 1 aromatic heterocycles. The maximum atomic E-state index is 13.5. The minimum absolute atomic E-state index is 0.00239. The SMILES string of the molecule is C=CCOc1ccc(C2/C(=C(\O)c3ccc(OCCC)cc3)C(=O)C(=O)N2c2nc3ccc(C)cc3s2)cc1. The summed E-state index contributed by atoms with van der Waals surface area (Å²) < 4.78 is 12.2. The van der Waals surface area contributed by atoms with E-state index in [1.165, 1.54) is 16.2 Å². The van der Waals surface area contributed by atoms with Gasteiger partial charge in [-0.1, -0.05) is 49.1 Å². The molecule has 0 radical (unpaired) electrons. The number of aromatic nitrogens is 1. The van der Waals surface area contributed by atoms with E-state index in [1.807, 2.05) is 32.0 Å². The van der Waals surface area contributed by atoms with Crippen molar-refractivity contribution in [2.45, 2.75) is 26.3 Å². The van der Waals surface area contributed by atoms with Crippen LogP contribution in [0.2, 0.25) is 0 Å². The first-order valence-electron chi connectivity index (χ1n) is 12.7. The summed E-state index contributed by atoms with van der Waals surface area (Å²) in [6, 6.07) is 18.9. The predicted octanol–water partition coefficient (Wildman–Crippen LogP) is 6.58. The number of Topliss-reactive ketones (excluding diaryl/α,β-unsaturated/α-hetero) is 1. The molecule has 1 amide bonds. The van der Waals surface area contributed by atoms with E-state index >= 15 is 0 Å². The lowest BCUT2D eigenvalue weighted by Crippen LogP contribution is -2.29. The summed E-state index contributed by atoms with van der Waals surface area (Å²) in [6.07, 6.45) is 2.52. The molecule has 0 bridgehead atoms. The molecule has 0 saturated carbocycles. The minimum atomic E-state index is -0.879. The zero-order chi connectivity index (χ0) is 27.5. The van der Waals surface area contributed by atoms with E-state index in [0.29, 0.717) is 41.0 Å². The van der Waals surface area contributed by atoms with Crippen molar-refractivity contribution in [2.24, 2.45) is 0 Å². The highest BCUT2D eigenvalue weighted by atomic mass is 32.1. The van der Waals surface area contributed by atoms with E-state index in [0.717, 1.165) is 22.2 Å². The molecule has 198 valence electrons. The molecule has 1 aliphatic heterocycles. The molecular weight excluding hydrogens is 512 g/mol. The maximum absolute atomic E-state index is 13.5. The first-order valence-corrected chi connectivity index (χ1v) is 13.5. The Morgan fingerprint density at radius 2 is 1.74 bits per heavy atom. The molecule has 1 N–H and O–H groups in total. The molecule has 0 spiro atoms. The van der Waals surface area contributed by atoms with E-state index in [1.54, 1.807) is 54.6 Å². The lowest BCUT2D eigenvalue weighted by atomic mass is 9.95. The van der Waals surface area contributed by atoms with Crippen LogP contribution in [0.4, 0.5) is 5.13 Å². The molecule has 1 fully saturated rings. The van der Waals surface area contributed by atoms with Gasteiger partial charge in [0.1, 0.15) is 23.9 Å². The van der Waals surface area contributed by atoms with Crippen LogP contribution in [0.1, 0.15) is 36.1 Å². The number of aliphatic hydroxyl groups excluding tert-OH is 1. The molecule has 4 aromatic rings. The average Bonchev–Trinajstić information content (AvgIpc) is 3.48. The second kappa shape index (κ2) is 11.1. The van der Waals surface area contributed by atoms with Crippen LogP contribution >= 0.6 is 11.3 Å². The van der Waals surface area contributed by atoms with Gasteiger partial charge in [0.05, 0.1) is 28.4 Å². The van der Waals surface area contributed by atoms with E-state index < -0.39 is 17.7 Å². The van der Waals surface area contributed by atoms with E-state index in [4.69, 9.17) is 9.47 Å². The summed E-state index contributed by atoms with van der Waals surface area (Å²) in [5, 5.41) is 11.8. The van der Waals surface area contributed by atoms with Gasteiger partial charge in [-0.2, -0.15) is 0 Å². The van der Waals surface area contributed by atoms with Crippen LogP contribution in [0.5, 0.6) is 11.5 Å². The van der Waals surface area contributed by atoms with Crippen molar-refractivity contribution in [1.82, 2.24) is 4.98 Å². The molecule has 3 aromatic carbocycles. The van der Waals surface area contributed by atoms with Gasteiger partial charge in [-0.3, -0.25) is 14.5 Å². The summed E-state index contributed by atoms with van der Waals surface area (Å²) in [6.45, 7) is 8.59. The molecule has 0 aliphatic carbocycles. The van der Waals surface area contributed by atoms with Crippen molar-refractivity contribution >= 4 is 44.1 Å². The highest BCUT2D eigenvalue weighted by molar-refractivity contribution is 7.22. The van der Waals surface area contributed by atoms with Crippen LogP contribution in [0.3, 0.4) is 0 Å². The number of ether oxygens (including phenoxy) is 2. The largest absolute Gasteiger partial charge is 0.507 e. The smallest absolute Gasteiger partial charge is 0.301 e. The molecule has 39 heavy (non-hydrogen) atoms. The first kappa shape index (κ1) is 26.2. The van der Waals surface area contributed by atoms with Crippen LogP contribution in [-0.4, -0.2) is 35.0 Å². The van der Waals surface area contributed by atoms with Crippen molar-refractivity contribution in [3.63, 3.8) is 0 Å². The number of hydrogen-bond donors (Lipinski definition) is 1. The first-order chi connectivity index (χ1) is 18.9. The zero-order valence-corrected chi connectivity index (χ0v) is 22.5. The Labute approximate surface area is 230 Å². The van der Waals surface area contributed by atoms with Gasteiger partial charge in [-0.25, -0.2) is 4.98 Å². The van der Waals surface area contributed by atoms with Gasteiger partial charge in [-0.15, -0.1) is 0 Å². The van der Waals surface area contributed by atoms with Gasteiger partial charge in [0.25, 0.3) is 5.78 Å². The fraction of sp³-hybridized carbons (Fsp3) is 0.194. The van der Waals surface area contributed by atoms with Crippen molar-refractivity contribution in [3.05, 3.63) is 102 Å². The Bertz CT molecular complexity index is 1570. The highest BCUT2D eigenvalue weighted by Gasteiger charge is 2.48. The second-order valence-corrected chi connectivity index (χ2v) is 10.2. The number of nitrogens with zero attached hydrogens (tertiary/aromatic N) is 2. The molecule has 1 unspecified atom stereocenters. The summed E-state index contributed by atoms with van der Waals surface area (Å²) in [5.74, 6) is -0.496. The molecule has 8 heteroatoms. The summed E-state index contributed by atoms with van der Waals surface area (Å²) in [5.41, 5.74) is 2.85. The number of anilines is 1. The number of aryl methyl sites for hydroxylation is 1.